The van der Waals surface area contributed by atoms with E-state index in [-0.39, 0.29) is 0 Å². The molecule has 1 saturated carbocycles. The summed E-state index contributed by atoms with van der Waals surface area (Å²) < 4.78 is 5.47. The van der Waals surface area contributed by atoms with E-state index in [1.165, 1.54) is 25.7 Å². The van der Waals surface area contributed by atoms with Crippen molar-refractivity contribution in [3.63, 3.8) is 0 Å². The maximum absolute atomic E-state index is 5.47. The van der Waals surface area contributed by atoms with Gasteiger partial charge in [-0.1, -0.05) is 25.7 Å². The fraction of sp³-hybridized carbons (Fsp3) is 0.600. The first-order valence-corrected chi connectivity index (χ1v) is 6.64. The molecule has 1 fully saturated rings. The molecule has 0 saturated heterocycles. The van der Waals surface area contributed by atoms with Gasteiger partial charge >= 0.3 is 0 Å². The van der Waals surface area contributed by atoms with Gasteiger partial charge in [0.25, 0.3) is 0 Å². The van der Waals surface area contributed by atoms with Gasteiger partial charge in [0.15, 0.2) is 6.61 Å². The summed E-state index contributed by atoms with van der Waals surface area (Å²) in [5.41, 5.74) is 1.12. The predicted octanol–water partition coefficient (Wildman–Crippen LogP) is 3.17. The van der Waals surface area contributed by atoms with E-state index < -0.39 is 0 Å². The molecule has 1 aromatic heterocycles. The van der Waals surface area contributed by atoms with Gasteiger partial charge in [0, 0.05) is 12.0 Å². The van der Waals surface area contributed by atoms with Crippen molar-refractivity contribution in [1.82, 2.24) is 9.97 Å². The molecule has 0 spiro atoms. The molecule has 1 aliphatic rings. The van der Waals surface area contributed by atoms with E-state index in [1.807, 2.05) is 6.07 Å². The Balaban J connectivity index is 1.99. The number of hydrogen-bond donors (Lipinski definition) is 0. The average Bonchev–Trinajstić information content (AvgIpc) is 2.40. The maximum atomic E-state index is 5.47. The Labute approximate surface area is 109 Å². The summed E-state index contributed by atoms with van der Waals surface area (Å²) in [5.74, 6) is 7.74. The summed E-state index contributed by atoms with van der Waals surface area (Å²) in [6, 6.07) is 1.97. The molecule has 3 heteroatoms. The lowest BCUT2D eigenvalue weighted by atomic mass is 9.81. The van der Waals surface area contributed by atoms with Crippen LogP contribution < -0.4 is 4.74 Å². The molecule has 96 valence electrons. The molecular weight excluding hydrogens is 224 g/mol. The second kappa shape index (κ2) is 6.39. The molecule has 0 aliphatic heterocycles. The van der Waals surface area contributed by atoms with Gasteiger partial charge in [-0.15, -0.1) is 5.92 Å². The SMILES string of the molecule is CC#CCOc1cc(C2CCC(C)CC2)ncn1. The number of hydrogen-bond acceptors (Lipinski definition) is 3. The summed E-state index contributed by atoms with van der Waals surface area (Å²) in [5, 5.41) is 0. The van der Waals surface area contributed by atoms with Crippen LogP contribution in [0, 0.1) is 17.8 Å². The smallest absolute Gasteiger partial charge is 0.217 e. The van der Waals surface area contributed by atoms with Crippen molar-refractivity contribution in [3.8, 4) is 17.7 Å². The van der Waals surface area contributed by atoms with Crippen LogP contribution in [-0.2, 0) is 0 Å². The highest BCUT2D eigenvalue weighted by molar-refractivity contribution is 5.18. The van der Waals surface area contributed by atoms with Crippen molar-refractivity contribution in [1.29, 1.82) is 0 Å². The zero-order valence-corrected chi connectivity index (χ0v) is 11.1. The second-order valence-electron chi connectivity index (χ2n) is 4.95. The Morgan fingerprint density at radius 2 is 2.06 bits per heavy atom. The molecule has 0 bridgehead atoms. The van der Waals surface area contributed by atoms with Crippen LogP contribution in [-0.4, -0.2) is 16.6 Å². The first-order chi connectivity index (χ1) is 8.79. The molecule has 1 aromatic rings. The van der Waals surface area contributed by atoms with Crippen molar-refractivity contribution >= 4 is 0 Å². The van der Waals surface area contributed by atoms with Crippen LogP contribution in [0.5, 0.6) is 5.88 Å². The molecule has 3 nitrogen and oxygen atoms in total. The Morgan fingerprint density at radius 3 is 2.78 bits per heavy atom. The Kier molecular flexibility index (Phi) is 4.58. The van der Waals surface area contributed by atoms with Gasteiger partial charge in [-0.2, -0.15) is 0 Å². The zero-order chi connectivity index (χ0) is 12.8. The first kappa shape index (κ1) is 12.9. The maximum Gasteiger partial charge on any atom is 0.217 e. The molecule has 0 radical (unpaired) electrons. The summed E-state index contributed by atoms with van der Waals surface area (Å²) in [6.07, 6.45) is 6.65. The van der Waals surface area contributed by atoms with E-state index in [0.29, 0.717) is 18.4 Å². The average molecular weight is 244 g/mol. The third kappa shape index (κ3) is 3.46. The van der Waals surface area contributed by atoms with Crippen molar-refractivity contribution < 1.29 is 4.74 Å². The van der Waals surface area contributed by atoms with Crippen molar-refractivity contribution in [2.75, 3.05) is 6.61 Å². The lowest BCUT2D eigenvalue weighted by molar-refractivity contribution is 0.336. The molecule has 2 rings (SSSR count). The van der Waals surface area contributed by atoms with Crippen LogP contribution in [0.4, 0.5) is 0 Å². The van der Waals surface area contributed by atoms with Crippen LogP contribution in [0.1, 0.15) is 51.1 Å². The summed E-state index contributed by atoms with van der Waals surface area (Å²) >= 11 is 0. The lowest BCUT2D eigenvalue weighted by Gasteiger charge is -2.25. The van der Waals surface area contributed by atoms with Crippen molar-refractivity contribution in [2.24, 2.45) is 5.92 Å². The minimum Gasteiger partial charge on any atom is -0.464 e. The van der Waals surface area contributed by atoms with E-state index in [1.54, 1.807) is 13.3 Å². The standard InChI is InChI=1S/C15H20N2O/c1-3-4-9-18-15-10-14(16-11-17-15)13-7-5-12(2)6-8-13/h10-13H,5-9H2,1-2H3. The molecular formula is C15H20N2O. The van der Waals surface area contributed by atoms with Crippen LogP contribution in [0.3, 0.4) is 0 Å². The number of rotatable bonds is 3. The highest BCUT2D eigenvalue weighted by Gasteiger charge is 2.21. The topological polar surface area (TPSA) is 35.0 Å². The Hall–Kier alpha value is -1.56. The molecule has 0 N–H and O–H groups in total. The quantitative estimate of drug-likeness (QED) is 0.766. The summed E-state index contributed by atoms with van der Waals surface area (Å²) in [6.45, 7) is 4.53. The third-order valence-corrected chi connectivity index (χ3v) is 3.57. The second-order valence-corrected chi connectivity index (χ2v) is 4.95. The molecule has 1 aliphatic carbocycles. The first-order valence-electron chi connectivity index (χ1n) is 6.64. The zero-order valence-electron chi connectivity index (χ0n) is 11.1. The van der Waals surface area contributed by atoms with Gasteiger partial charge in [0.1, 0.15) is 6.33 Å². The van der Waals surface area contributed by atoms with Crippen LogP contribution >= 0.6 is 0 Å². The van der Waals surface area contributed by atoms with E-state index in [0.717, 1.165) is 11.6 Å². The highest BCUT2D eigenvalue weighted by atomic mass is 16.5. The van der Waals surface area contributed by atoms with Gasteiger partial charge in [0.2, 0.25) is 5.88 Å². The third-order valence-electron chi connectivity index (χ3n) is 3.57. The Bertz CT molecular complexity index is 439. The summed E-state index contributed by atoms with van der Waals surface area (Å²) in [7, 11) is 0. The molecule has 18 heavy (non-hydrogen) atoms. The largest absolute Gasteiger partial charge is 0.464 e. The lowest BCUT2D eigenvalue weighted by Crippen LogP contribution is -2.12. The number of ether oxygens (including phenoxy) is 1. The number of aromatic nitrogens is 2. The predicted molar refractivity (Wildman–Crippen MR) is 71.4 cm³/mol. The normalized spacial score (nSPS) is 23.0. The van der Waals surface area contributed by atoms with Gasteiger partial charge in [-0.05, 0) is 25.7 Å². The monoisotopic (exact) mass is 244 g/mol. The Morgan fingerprint density at radius 1 is 1.28 bits per heavy atom. The van der Waals surface area contributed by atoms with E-state index in [9.17, 15) is 0 Å². The minimum atomic E-state index is 0.397. The number of nitrogens with zero attached hydrogens (tertiary/aromatic N) is 2. The minimum absolute atomic E-state index is 0.397. The fourth-order valence-corrected chi connectivity index (χ4v) is 2.39. The van der Waals surface area contributed by atoms with Gasteiger partial charge in [-0.3, -0.25) is 0 Å². The van der Waals surface area contributed by atoms with Crippen LogP contribution in [0.25, 0.3) is 0 Å². The fourth-order valence-electron chi connectivity index (χ4n) is 2.39. The van der Waals surface area contributed by atoms with E-state index >= 15 is 0 Å². The van der Waals surface area contributed by atoms with Gasteiger partial charge < -0.3 is 4.74 Å². The van der Waals surface area contributed by atoms with E-state index in [2.05, 4.69) is 28.7 Å². The molecule has 0 atom stereocenters. The molecule has 0 unspecified atom stereocenters. The van der Waals surface area contributed by atoms with Crippen LogP contribution in [0.15, 0.2) is 12.4 Å². The molecule has 1 heterocycles. The van der Waals surface area contributed by atoms with Gasteiger partial charge in [-0.25, -0.2) is 9.97 Å². The molecule has 0 aromatic carbocycles. The van der Waals surface area contributed by atoms with Crippen molar-refractivity contribution in [2.45, 2.75) is 45.4 Å². The highest BCUT2D eigenvalue weighted by Crippen LogP contribution is 2.35. The van der Waals surface area contributed by atoms with Crippen molar-refractivity contribution in [3.05, 3.63) is 18.1 Å². The summed E-state index contributed by atoms with van der Waals surface area (Å²) in [4.78, 5) is 8.51. The molecule has 0 amide bonds. The van der Waals surface area contributed by atoms with E-state index in [4.69, 9.17) is 4.74 Å². The van der Waals surface area contributed by atoms with Crippen LogP contribution in [0.2, 0.25) is 0 Å². The van der Waals surface area contributed by atoms with Gasteiger partial charge in [0.05, 0.1) is 5.69 Å².